The van der Waals surface area contributed by atoms with E-state index < -0.39 is 0 Å². The SMILES string of the molecule is O=C(CN1CCC(NC(=O)C2CCCN(Cc3ccccc3)C2)CC1)Nc1ccccc1. The number of hydrogen-bond acceptors (Lipinski definition) is 4. The summed E-state index contributed by atoms with van der Waals surface area (Å²) >= 11 is 0. The Balaban J connectivity index is 1.17. The van der Waals surface area contributed by atoms with Crippen LogP contribution in [0, 0.1) is 5.92 Å². The van der Waals surface area contributed by atoms with Gasteiger partial charge in [-0.3, -0.25) is 19.4 Å². The largest absolute Gasteiger partial charge is 0.353 e. The van der Waals surface area contributed by atoms with Gasteiger partial charge in [-0.15, -0.1) is 0 Å². The summed E-state index contributed by atoms with van der Waals surface area (Å²) in [4.78, 5) is 29.8. The molecule has 0 bridgehead atoms. The number of nitrogens with zero attached hydrogens (tertiary/aromatic N) is 2. The van der Waals surface area contributed by atoms with Gasteiger partial charge in [-0.2, -0.15) is 0 Å². The predicted molar refractivity (Wildman–Crippen MR) is 127 cm³/mol. The normalized spacial score (nSPS) is 20.6. The summed E-state index contributed by atoms with van der Waals surface area (Å²) in [5.41, 5.74) is 2.13. The molecule has 2 heterocycles. The van der Waals surface area contributed by atoms with Gasteiger partial charge in [0.15, 0.2) is 0 Å². The first-order chi connectivity index (χ1) is 15.7. The van der Waals surface area contributed by atoms with Crippen molar-refractivity contribution in [3.05, 3.63) is 66.2 Å². The number of likely N-dealkylation sites (tertiary alicyclic amines) is 2. The van der Waals surface area contributed by atoms with E-state index in [0.29, 0.717) is 6.54 Å². The van der Waals surface area contributed by atoms with Crippen molar-refractivity contribution in [3.8, 4) is 0 Å². The van der Waals surface area contributed by atoms with E-state index in [9.17, 15) is 9.59 Å². The molecular weight excluding hydrogens is 400 g/mol. The van der Waals surface area contributed by atoms with Gasteiger partial charge in [-0.05, 0) is 49.9 Å². The van der Waals surface area contributed by atoms with E-state index >= 15 is 0 Å². The minimum atomic E-state index is 0.0133. The molecule has 2 amide bonds. The Kier molecular flexibility index (Phi) is 7.91. The molecule has 1 unspecified atom stereocenters. The first kappa shape index (κ1) is 22.5. The van der Waals surface area contributed by atoms with Gasteiger partial charge in [0.25, 0.3) is 0 Å². The fourth-order valence-electron chi connectivity index (χ4n) is 4.73. The van der Waals surface area contributed by atoms with Crippen LogP contribution in [0.15, 0.2) is 60.7 Å². The van der Waals surface area contributed by atoms with E-state index in [2.05, 4.69) is 44.7 Å². The van der Waals surface area contributed by atoms with Gasteiger partial charge in [-0.25, -0.2) is 0 Å². The number of carbonyl (C=O) groups excluding carboxylic acids is 2. The third-order valence-corrected chi connectivity index (χ3v) is 6.48. The first-order valence-corrected chi connectivity index (χ1v) is 11.8. The van der Waals surface area contributed by atoms with Crippen LogP contribution in [0.1, 0.15) is 31.2 Å². The Morgan fingerprint density at radius 2 is 1.53 bits per heavy atom. The number of nitrogens with one attached hydrogen (secondary N) is 2. The molecule has 2 aliphatic rings. The molecule has 2 aromatic carbocycles. The summed E-state index contributed by atoms with van der Waals surface area (Å²) < 4.78 is 0. The number of carbonyl (C=O) groups is 2. The Morgan fingerprint density at radius 1 is 0.844 bits per heavy atom. The molecule has 2 aliphatic heterocycles. The molecule has 2 N–H and O–H groups in total. The first-order valence-electron chi connectivity index (χ1n) is 11.8. The van der Waals surface area contributed by atoms with Crippen molar-refractivity contribution in [3.63, 3.8) is 0 Å². The Morgan fingerprint density at radius 3 is 2.25 bits per heavy atom. The van der Waals surface area contributed by atoms with Crippen LogP contribution in [0.4, 0.5) is 5.69 Å². The maximum Gasteiger partial charge on any atom is 0.238 e. The highest BCUT2D eigenvalue weighted by Crippen LogP contribution is 2.20. The number of para-hydroxylation sites is 1. The van der Waals surface area contributed by atoms with Crippen molar-refractivity contribution in [2.45, 2.75) is 38.3 Å². The number of amides is 2. The van der Waals surface area contributed by atoms with E-state index in [0.717, 1.165) is 64.1 Å². The Bertz CT molecular complexity index is 866. The zero-order valence-corrected chi connectivity index (χ0v) is 18.7. The van der Waals surface area contributed by atoms with Gasteiger partial charge < -0.3 is 10.6 Å². The molecule has 0 aromatic heterocycles. The average Bonchev–Trinajstić information content (AvgIpc) is 2.82. The lowest BCUT2D eigenvalue weighted by atomic mass is 9.95. The topological polar surface area (TPSA) is 64.7 Å². The molecule has 2 fully saturated rings. The van der Waals surface area contributed by atoms with Crippen molar-refractivity contribution >= 4 is 17.5 Å². The fourth-order valence-corrected chi connectivity index (χ4v) is 4.73. The highest BCUT2D eigenvalue weighted by atomic mass is 16.2. The van der Waals surface area contributed by atoms with E-state index in [1.807, 2.05) is 36.4 Å². The Hall–Kier alpha value is -2.70. The summed E-state index contributed by atoms with van der Waals surface area (Å²) in [6, 6.07) is 20.2. The lowest BCUT2D eigenvalue weighted by molar-refractivity contribution is -0.128. The van der Waals surface area contributed by atoms with E-state index in [-0.39, 0.29) is 23.8 Å². The zero-order valence-electron chi connectivity index (χ0n) is 18.7. The number of anilines is 1. The van der Waals surface area contributed by atoms with E-state index in [1.165, 1.54) is 5.56 Å². The third kappa shape index (κ3) is 6.65. The summed E-state index contributed by atoms with van der Waals surface area (Å²) in [6.07, 6.45) is 3.82. The summed E-state index contributed by atoms with van der Waals surface area (Å²) in [5, 5.41) is 6.24. The average molecular weight is 435 g/mol. The summed E-state index contributed by atoms with van der Waals surface area (Å²) in [5.74, 6) is 0.282. The lowest BCUT2D eigenvalue weighted by Crippen LogP contribution is -2.50. The molecule has 4 rings (SSSR count). The van der Waals surface area contributed by atoms with Gasteiger partial charge in [0.05, 0.1) is 12.5 Å². The molecule has 0 aliphatic carbocycles. The molecule has 6 heteroatoms. The molecule has 0 spiro atoms. The second-order valence-corrected chi connectivity index (χ2v) is 9.03. The number of hydrogen-bond donors (Lipinski definition) is 2. The van der Waals surface area contributed by atoms with Gasteiger partial charge in [-0.1, -0.05) is 48.5 Å². The molecule has 1 atom stereocenters. The van der Waals surface area contributed by atoms with Crippen molar-refractivity contribution in [2.75, 3.05) is 38.0 Å². The van der Waals surface area contributed by atoms with E-state index in [1.54, 1.807) is 0 Å². The quantitative estimate of drug-likeness (QED) is 0.703. The smallest absolute Gasteiger partial charge is 0.238 e. The minimum absolute atomic E-state index is 0.0133. The molecular formula is C26H34N4O2. The maximum atomic E-state index is 12.9. The number of rotatable bonds is 7. The van der Waals surface area contributed by atoms with Crippen LogP contribution in [0.3, 0.4) is 0 Å². The van der Waals surface area contributed by atoms with Crippen LogP contribution in [0.25, 0.3) is 0 Å². The fraction of sp³-hybridized carbons (Fsp3) is 0.462. The monoisotopic (exact) mass is 434 g/mol. The summed E-state index contributed by atoms with van der Waals surface area (Å²) in [6.45, 7) is 4.86. The van der Waals surface area contributed by atoms with Crippen molar-refractivity contribution in [1.82, 2.24) is 15.1 Å². The zero-order chi connectivity index (χ0) is 22.2. The van der Waals surface area contributed by atoms with Crippen LogP contribution < -0.4 is 10.6 Å². The maximum absolute atomic E-state index is 12.9. The van der Waals surface area contributed by atoms with Crippen molar-refractivity contribution in [1.29, 1.82) is 0 Å². The highest BCUT2D eigenvalue weighted by Gasteiger charge is 2.29. The standard InChI is InChI=1S/C26H34N4O2/c31-25(27-23-11-5-2-6-12-23)20-29-16-13-24(14-17-29)28-26(32)22-10-7-15-30(19-22)18-21-8-3-1-4-9-21/h1-6,8-9,11-12,22,24H,7,10,13-20H2,(H,27,31)(H,28,32). The molecule has 170 valence electrons. The molecule has 0 radical (unpaired) electrons. The van der Waals surface area contributed by atoms with Gasteiger partial charge in [0.2, 0.25) is 11.8 Å². The van der Waals surface area contributed by atoms with Crippen LogP contribution in [0.2, 0.25) is 0 Å². The molecule has 0 saturated carbocycles. The molecule has 2 saturated heterocycles. The minimum Gasteiger partial charge on any atom is -0.353 e. The van der Waals surface area contributed by atoms with Gasteiger partial charge in [0, 0.05) is 37.9 Å². The lowest BCUT2D eigenvalue weighted by Gasteiger charge is -2.35. The van der Waals surface area contributed by atoms with Crippen LogP contribution >= 0.6 is 0 Å². The van der Waals surface area contributed by atoms with Crippen LogP contribution in [0.5, 0.6) is 0 Å². The number of piperidine rings is 2. The predicted octanol–water partition coefficient (Wildman–Crippen LogP) is 3.12. The second kappa shape index (κ2) is 11.2. The summed E-state index contributed by atoms with van der Waals surface area (Å²) in [7, 11) is 0. The van der Waals surface area contributed by atoms with Crippen molar-refractivity contribution < 1.29 is 9.59 Å². The second-order valence-electron chi connectivity index (χ2n) is 9.03. The van der Waals surface area contributed by atoms with Crippen LogP contribution in [-0.2, 0) is 16.1 Å². The Labute approximate surface area is 191 Å². The van der Waals surface area contributed by atoms with Gasteiger partial charge in [0.1, 0.15) is 0 Å². The van der Waals surface area contributed by atoms with Crippen LogP contribution in [-0.4, -0.2) is 60.4 Å². The molecule has 2 aromatic rings. The number of benzene rings is 2. The molecule has 6 nitrogen and oxygen atoms in total. The molecule has 32 heavy (non-hydrogen) atoms. The third-order valence-electron chi connectivity index (χ3n) is 6.48. The van der Waals surface area contributed by atoms with Gasteiger partial charge >= 0.3 is 0 Å². The highest BCUT2D eigenvalue weighted by molar-refractivity contribution is 5.92. The van der Waals surface area contributed by atoms with E-state index in [4.69, 9.17) is 0 Å². The van der Waals surface area contributed by atoms with Crippen molar-refractivity contribution in [2.24, 2.45) is 5.92 Å².